The Morgan fingerprint density at radius 2 is 2.07 bits per heavy atom. The molecule has 0 fully saturated rings. The number of rotatable bonds is 5. The van der Waals surface area contributed by atoms with Crippen LogP contribution in [0.5, 0.6) is 0 Å². The molecule has 0 aliphatic carbocycles. The van der Waals surface area contributed by atoms with Gasteiger partial charge in [0.2, 0.25) is 0 Å². The van der Waals surface area contributed by atoms with Gasteiger partial charge in [0.15, 0.2) is 0 Å². The molecular formula is C7H11F2NO4. The third-order valence-electron chi connectivity index (χ3n) is 1.60. The Kier molecular flexibility index (Phi) is 4.42. The fourth-order valence-corrected chi connectivity index (χ4v) is 0.877. The van der Waals surface area contributed by atoms with Crippen molar-refractivity contribution >= 4 is 11.9 Å². The summed E-state index contributed by atoms with van der Waals surface area (Å²) in [4.78, 5) is 20.9. The number of ether oxygens (including phenoxy) is 1. The number of carboxylic acids is 1. The Labute approximate surface area is 78.8 Å². The van der Waals surface area contributed by atoms with Gasteiger partial charge in [0, 0.05) is 6.42 Å². The minimum absolute atomic E-state index is 0.550. The molecule has 0 saturated carbocycles. The van der Waals surface area contributed by atoms with Gasteiger partial charge in [-0.3, -0.25) is 15.3 Å². The van der Waals surface area contributed by atoms with E-state index in [2.05, 4.69) is 10.5 Å². The number of carboxylic acid groups (broad SMARTS) is 1. The summed E-state index contributed by atoms with van der Waals surface area (Å²) in [6, 6.07) is -3.76. The number of aliphatic carboxylic acids is 1. The third-order valence-corrected chi connectivity index (χ3v) is 1.60. The highest BCUT2D eigenvalue weighted by molar-refractivity contribution is 5.74. The van der Waals surface area contributed by atoms with Crippen LogP contribution in [-0.2, 0) is 14.3 Å². The van der Waals surface area contributed by atoms with Gasteiger partial charge in [-0.1, -0.05) is 0 Å². The third kappa shape index (κ3) is 4.13. The summed E-state index contributed by atoms with van der Waals surface area (Å²) in [5.41, 5.74) is 4.42. The topological polar surface area (TPSA) is 89.6 Å². The molecule has 5 nitrogen and oxygen atoms in total. The smallest absolute Gasteiger partial charge is 0.316 e. The molecule has 0 rings (SSSR count). The van der Waals surface area contributed by atoms with E-state index in [1.165, 1.54) is 0 Å². The molecule has 7 heteroatoms. The van der Waals surface area contributed by atoms with Crippen LogP contribution in [0, 0.1) is 5.92 Å². The van der Waals surface area contributed by atoms with E-state index in [-0.39, 0.29) is 0 Å². The molecule has 1 unspecified atom stereocenters. The Morgan fingerprint density at radius 1 is 1.57 bits per heavy atom. The minimum Gasteiger partial charge on any atom is -0.481 e. The Balaban J connectivity index is 4.41. The molecule has 0 spiro atoms. The van der Waals surface area contributed by atoms with Gasteiger partial charge < -0.3 is 9.84 Å². The summed E-state index contributed by atoms with van der Waals surface area (Å²) in [6.45, 7) is 0. The summed E-state index contributed by atoms with van der Waals surface area (Å²) in [7, 11) is 0.932. The number of hydrogen-bond donors (Lipinski definition) is 2. The van der Waals surface area contributed by atoms with E-state index >= 15 is 0 Å². The molecule has 0 aliphatic rings. The fourth-order valence-electron chi connectivity index (χ4n) is 0.877. The normalized spacial score (nSPS) is 13.4. The number of alkyl halides is 2. The van der Waals surface area contributed by atoms with Crippen molar-refractivity contribution in [1.29, 1.82) is 0 Å². The van der Waals surface area contributed by atoms with E-state index < -0.39 is 36.7 Å². The van der Waals surface area contributed by atoms with Crippen molar-refractivity contribution < 1.29 is 28.2 Å². The maximum Gasteiger partial charge on any atom is 0.316 e. The average molecular weight is 211 g/mol. The summed E-state index contributed by atoms with van der Waals surface area (Å²) >= 11 is 0. The molecule has 0 amide bonds. The number of halogens is 2. The lowest BCUT2D eigenvalue weighted by molar-refractivity contribution is -0.161. The average Bonchev–Trinajstić information content (AvgIpc) is 2.01. The van der Waals surface area contributed by atoms with Crippen LogP contribution in [-0.4, -0.2) is 30.2 Å². The van der Waals surface area contributed by atoms with Crippen LogP contribution < -0.4 is 5.73 Å². The molecule has 0 heterocycles. The quantitative estimate of drug-likeness (QED) is 0.500. The Morgan fingerprint density at radius 3 is 2.36 bits per heavy atom. The molecule has 82 valence electrons. The second kappa shape index (κ2) is 4.85. The van der Waals surface area contributed by atoms with Gasteiger partial charge in [-0.25, -0.2) is 0 Å². The van der Waals surface area contributed by atoms with Crippen molar-refractivity contribution in [3.63, 3.8) is 0 Å². The van der Waals surface area contributed by atoms with Gasteiger partial charge in [-0.05, 0) is 6.42 Å². The van der Waals surface area contributed by atoms with E-state index in [9.17, 15) is 18.4 Å². The predicted octanol–water partition coefficient (Wildman–Crippen LogP) is 0.192. The van der Waals surface area contributed by atoms with E-state index in [1.54, 1.807) is 0 Å². The van der Waals surface area contributed by atoms with Crippen molar-refractivity contribution in [3.8, 4) is 0 Å². The van der Waals surface area contributed by atoms with E-state index in [0.717, 1.165) is 7.11 Å². The maximum atomic E-state index is 12.6. The monoisotopic (exact) mass is 211 g/mol. The summed E-state index contributed by atoms with van der Waals surface area (Å²) < 4.78 is 29.2. The van der Waals surface area contributed by atoms with E-state index in [1.807, 2.05) is 0 Å². The van der Waals surface area contributed by atoms with Crippen LogP contribution in [0.1, 0.15) is 12.8 Å². The number of esters is 1. The molecule has 0 aliphatic heterocycles. The molecule has 0 aromatic carbocycles. The molecule has 0 bridgehead atoms. The van der Waals surface area contributed by atoms with Crippen LogP contribution >= 0.6 is 0 Å². The summed E-state index contributed by atoms with van der Waals surface area (Å²) in [5, 5.41) is 8.24. The van der Waals surface area contributed by atoms with Crippen LogP contribution in [0.4, 0.5) is 8.78 Å². The first-order valence-electron chi connectivity index (χ1n) is 3.75. The first-order valence-corrected chi connectivity index (χ1v) is 3.75. The van der Waals surface area contributed by atoms with Crippen molar-refractivity contribution in [2.45, 2.75) is 18.9 Å². The molecule has 14 heavy (non-hydrogen) atoms. The van der Waals surface area contributed by atoms with Crippen molar-refractivity contribution in [1.82, 2.24) is 0 Å². The zero-order chi connectivity index (χ0) is 11.4. The first kappa shape index (κ1) is 12.8. The zero-order valence-corrected chi connectivity index (χ0v) is 7.50. The van der Waals surface area contributed by atoms with Crippen LogP contribution in [0.25, 0.3) is 0 Å². The van der Waals surface area contributed by atoms with Gasteiger partial charge in [-0.2, -0.15) is 8.78 Å². The highest BCUT2D eigenvalue weighted by Gasteiger charge is 2.41. The standard InChI is InChI=1S/C7H11F2NO4/c1-14-6(13)4(7(8,9)10)2-3-5(11)12/h4H,2-3,10H2,1H3,(H,11,12). The van der Waals surface area contributed by atoms with E-state index in [0.29, 0.717) is 0 Å². The molecule has 0 aromatic heterocycles. The number of methoxy groups -OCH3 is 1. The van der Waals surface area contributed by atoms with Gasteiger partial charge >= 0.3 is 18.0 Å². The van der Waals surface area contributed by atoms with Gasteiger partial charge in [0.05, 0.1) is 7.11 Å². The van der Waals surface area contributed by atoms with Crippen LogP contribution in [0.3, 0.4) is 0 Å². The van der Waals surface area contributed by atoms with Crippen LogP contribution in [0.2, 0.25) is 0 Å². The molecular weight excluding hydrogens is 200 g/mol. The number of carbonyl (C=O) groups is 2. The van der Waals surface area contributed by atoms with Crippen molar-refractivity contribution in [2.75, 3.05) is 7.11 Å². The largest absolute Gasteiger partial charge is 0.481 e. The first-order chi connectivity index (χ1) is 6.29. The zero-order valence-electron chi connectivity index (χ0n) is 7.50. The minimum atomic E-state index is -3.76. The Hall–Kier alpha value is -1.24. The summed E-state index contributed by atoms with van der Waals surface area (Å²) in [5.74, 6) is -4.40. The second-order valence-corrected chi connectivity index (χ2v) is 2.68. The fraction of sp³-hybridized carbons (Fsp3) is 0.714. The predicted molar refractivity (Wildman–Crippen MR) is 41.5 cm³/mol. The highest BCUT2D eigenvalue weighted by atomic mass is 19.3. The molecule has 0 aromatic rings. The highest BCUT2D eigenvalue weighted by Crippen LogP contribution is 2.24. The van der Waals surface area contributed by atoms with Crippen LogP contribution in [0.15, 0.2) is 0 Å². The number of carbonyl (C=O) groups excluding carboxylic acids is 1. The van der Waals surface area contributed by atoms with Crippen molar-refractivity contribution in [2.24, 2.45) is 11.7 Å². The number of nitrogens with two attached hydrogens (primary N) is 1. The molecule has 3 N–H and O–H groups in total. The lowest BCUT2D eigenvalue weighted by Gasteiger charge is -2.19. The lowest BCUT2D eigenvalue weighted by atomic mass is 10.0. The number of hydrogen-bond acceptors (Lipinski definition) is 4. The SMILES string of the molecule is COC(=O)C(CCC(=O)O)C(N)(F)F. The lowest BCUT2D eigenvalue weighted by Crippen LogP contribution is -2.43. The second-order valence-electron chi connectivity index (χ2n) is 2.68. The summed E-state index contributed by atoms with van der Waals surface area (Å²) in [6.07, 6.45) is -1.11. The Bertz CT molecular complexity index is 226. The van der Waals surface area contributed by atoms with Gasteiger partial charge in [0.1, 0.15) is 5.92 Å². The van der Waals surface area contributed by atoms with E-state index in [4.69, 9.17) is 5.11 Å². The molecule has 0 saturated heterocycles. The van der Waals surface area contributed by atoms with Gasteiger partial charge in [-0.15, -0.1) is 0 Å². The maximum absolute atomic E-state index is 12.6. The molecule has 0 radical (unpaired) electrons. The van der Waals surface area contributed by atoms with Gasteiger partial charge in [0.25, 0.3) is 0 Å². The molecule has 1 atom stereocenters. The van der Waals surface area contributed by atoms with Crippen molar-refractivity contribution in [3.05, 3.63) is 0 Å².